The molecule has 0 aliphatic carbocycles. The third-order valence-corrected chi connectivity index (χ3v) is 6.83. The monoisotopic (exact) mass is 453 g/mol. The Hall–Kier alpha value is -2.61. The Labute approximate surface area is 192 Å². The molecule has 7 heteroatoms. The average Bonchev–Trinajstić information content (AvgIpc) is 3.41. The molecule has 2 aromatic carbocycles. The Morgan fingerprint density at radius 3 is 2.56 bits per heavy atom. The number of aliphatic hydroxyl groups is 1. The minimum Gasteiger partial charge on any atom is -0.373 e. The number of carbonyl (C=O) groups excluding carboxylic acids is 1. The van der Waals surface area contributed by atoms with Gasteiger partial charge in [-0.25, -0.2) is 4.39 Å². The number of nitrogens with zero attached hydrogens (tertiary/aromatic N) is 1. The summed E-state index contributed by atoms with van der Waals surface area (Å²) < 4.78 is 15.2. The molecule has 1 unspecified atom stereocenters. The molecule has 0 saturated carbocycles. The third kappa shape index (κ3) is 4.75. The molecule has 3 aromatic rings. The van der Waals surface area contributed by atoms with E-state index in [0.29, 0.717) is 17.1 Å². The van der Waals surface area contributed by atoms with Gasteiger partial charge >= 0.3 is 0 Å². The van der Waals surface area contributed by atoms with E-state index >= 15 is 0 Å². The fourth-order valence-corrected chi connectivity index (χ4v) is 5.18. The molecule has 5 nitrogen and oxygen atoms in total. The second kappa shape index (κ2) is 9.90. The van der Waals surface area contributed by atoms with Gasteiger partial charge in [0.25, 0.3) is 5.91 Å². The first-order valence-electron chi connectivity index (χ1n) is 10.8. The summed E-state index contributed by atoms with van der Waals surface area (Å²) in [7, 11) is 0. The van der Waals surface area contributed by atoms with Crippen LogP contribution in [-0.2, 0) is 11.6 Å². The van der Waals surface area contributed by atoms with Gasteiger partial charge in [0.2, 0.25) is 0 Å². The third-order valence-electron chi connectivity index (χ3n) is 5.91. The molecule has 0 saturated heterocycles. The number of hydrogen-bond donors (Lipinski definition) is 3. The second-order valence-electron chi connectivity index (χ2n) is 8.02. The standard InChI is InChI=1S/C25H28FN3O2S/c1-3-21(18-7-5-4-6-8-18)28-25(31)22-13-20(23-14-32-15-29(22)23)24(30)27-16(2)17-9-11-19(26)12-10-17/h4-13,16,21,25,28,31H,3,14-15H2,1-2H3,(H,27,30)/t16-,21-,25?/m1/s1. The molecular formula is C25H28FN3O2S. The second-order valence-corrected chi connectivity index (χ2v) is 8.98. The van der Waals surface area contributed by atoms with Crippen molar-refractivity contribution in [3.63, 3.8) is 0 Å². The predicted octanol–water partition coefficient (Wildman–Crippen LogP) is 5.05. The van der Waals surface area contributed by atoms with Crippen molar-refractivity contribution in [1.82, 2.24) is 15.2 Å². The minimum absolute atomic E-state index is 0.00202. The van der Waals surface area contributed by atoms with Crippen molar-refractivity contribution < 1.29 is 14.3 Å². The molecular weight excluding hydrogens is 425 g/mol. The molecule has 0 spiro atoms. The van der Waals surface area contributed by atoms with Crippen LogP contribution < -0.4 is 10.6 Å². The van der Waals surface area contributed by atoms with Crippen LogP contribution in [0.3, 0.4) is 0 Å². The molecule has 1 aliphatic heterocycles. The number of rotatable bonds is 8. The van der Waals surface area contributed by atoms with Crippen molar-refractivity contribution in [2.45, 2.75) is 50.2 Å². The summed E-state index contributed by atoms with van der Waals surface area (Å²) in [6.45, 7) is 3.95. The summed E-state index contributed by atoms with van der Waals surface area (Å²) in [5, 5.41) is 17.3. The van der Waals surface area contributed by atoms with Crippen molar-refractivity contribution in [2.24, 2.45) is 0 Å². The lowest BCUT2D eigenvalue weighted by molar-refractivity contribution is 0.0939. The number of hydrogen-bond acceptors (Lipinski definition) is 4. The van der Waals surface area contributed by atoms with Gasteiger partial charge in [0.1, 0.15) is 12.0 Å². The van der Waals surface area contributed by atoms with E-state index in [1.807, 2.05) is 41.8 Å². The van der Waals surface area contributed by atoms with Gasteiger partial charge < -0.3 is 15.0 Å². The van der Waals surface area contributed by atoms with Gasteiger partial charge in [-0.1, -0.05) is 49.4 Å². The highest BCUT2D eigenvalue weighted by atomic mass is 32.2. The Morgan fingerprint density at radius 2 is 1.88 bits per heavy atom. The maximum atomic E-state index is 13.2. The molecule has 0 fully saturated rings. The van der Waals surface area contributed by atoms with E-state index in [1.54, 1.807) is 30.0 Å². The number of thioether (sulfide) groups is 1. The molecule has 1 aromatic heterocycles. The van der Waals surface area contributed by atoms with Crippen LogP contribution in [0, 0.1) is 5.82 Å². The highest BCUT2D eigenvalue weighted by molar-refractivity contribution is 7.97. The summed E-state index contributed by atoms with van der Waals surface area (Å²) in [6.07, 6.45) is -0.0694. The van der Waals surface area contributed by atoms with Crippen molar-refractivity contribution in [3.05, 3.63) is 94.6 Å². The maximum Gasteiger partial charge on any atom is 0.253 e. The topological polar surface area (TPSA) is 66.3 Å². The van der Waals surface area contributed by atoms with Crippen LogP contribution in [0.25, 0.3) is 0 Å². The maximum absolute atomic E-state index is 13.2. The zero-order chi connectivity index (χ0) is 22.7. The van der Waals surface area contributed by atoms with Gasteiger partial charge in [-0.2, -0.15) is 0 Å². The molecule has 168 valence electrons. The van der Waals surface area contributed by atoms with Gasteiger partial charge in [0, 0.05) is 17.5 Å². The van der Waals surface area contributed by atoms with Crippen molar-refractivity contribution >= 4 is 17.7 Å². The Bertz CT molecular complexity index is 1070. The number of nitrogens with one attached hydrogen (secondary N) is 2. The lowest BCUT2D eigenvalue weighted by Gasteiger charge is -2.22. The average molecular weight is 454 g/mol. The highest BCUT2D eigenvalue weighted by Crippen LogP contribution is 2.33. The summed E-state index contributed by atoms with van der Waals surface area (Å²) >= 11 is 1.71. The van der Waals surface area contributed by atoms with Crippen LogP contribution in [0.15, 0.2) is 60.7 Å². The molecule has 1 aliphatic rings. The van der Waals surface area contributed by atoms with E-state index in [-0.39, 0.29) is 23.8 Å². The lowest BCUT2D eigenvalue weighted by atomic mass is 10.0. The highest BCUT2D eigenvalue weighted by Gasteiger charge is 2.28. The zero-order valence-electron chi connectivity index (χ0n) is 18.2. The Balaban J connectivity index is 1.53. The van der Waals surface area contributed by atoms with Crippen LogP contribution in [0.2, 0.25) is 0 Å². The molecule has 0 radical (unpaired) electrons. The summed E-state index contributed by atoms with van der Waals surface area (Å²) in [5.74, 6) is 0.922. The van der Waals surface area contributed by atoms with Crippen LogP contribution in [-0.4, -0.2) is 15.6 Å². The molecule has 3 atom stereocenters. The lowest BCUT2D eigenvalue weighted by Crippen LogP contribution is -2.27. The predicted molar refractivity (Wildman–Crippen MR) is 126 cm³/mol. The van der Waals surface area contributed by atoms with E-state index in [4.69, 9.17) is 0 Å². The number of amides is 1. The smallest absolute Gasteiger partial charge is 0.253 e. The zero-order valence-corrected chi connectivity index (χ0v) is 19.0. The molecule has 3 N–H and O–H groups in total. The van der Waals surface area contributed by atoms with Crippen molar-refractivity contribution in [3.8, 4) is 0 Å². The number of fused-ring (bicyclic) bond motifs is 1. The van der Waals surface area contributed by atoms with E-state index in [9.17, 15) is 14.3 Å². The van der Waals surface area contributed by atoms with E-state index in [0.717, 1.165) is 29.0 Å². The van der Waals surface area contributed by atoms with Crippen molar-refractivity contribution in [1.29, 1.82) is 0 Å². The summed E-state index contributed by atoms with van der Waals surface area (Å²) in [6, 6.07) is 17.7. The van der Waals surface area contributed by atoms with Crippen LogP contribution >= 0.6 is 11.8 Å². The Kier molecular flexibility index (Phi) is 6.98. The van der Waals surface area contributed by atoms with E-state index in [2.05, 4.69) is 17.6 Å². The SMILES string of the molecule is CC[C@@H](NC(O)c1cc(C(=O)N[C@H](C)c2ccc(F)cc2)c2n1CSC2)c1ccccc1. The van der Waals surface area contributed by atoms with Crippen LogP contribution in [0.4, 0.5) is 4.39 Å². The Morgan fingerprint density at radius 1 is 1.16 bits per heavy atom. The van der Waals surface area contributed by atoms with Crippen LogP contribution in [0.5, 0.6) is 0 Å². The number of carbonyl (C=O) groups is 1. The molecule has 4 rings (SSSR count). The fourth-order valence-electron chi connectivity index (χ4n) is 4.10. The van der Waals surface area contributed by atoms with Gasteiger partial charge in [-0.15, -0.1) is 11.8 Å². The van der Waals surface area contributed by atoms with Gasteiger partial charge in [-0.3, -0.25) is 10.1 Å². The number of aromatic nitrogens is 1. The summed E-state index contributed by atoms with van der Waals surface area (Å²) in [4.78, 5) is 13.1. The fraction of sp³-hybridized carbons (Fsp3) is 0.320. The molecule has 1 amide bonds. The van der Waals surface area contributed by atoms with Gasteiger partial charge in [-0.05, 0) is 42.7 Å². The van der Waals surface area contributed by atoms with Crippen molar-refractivity contribution in [2.75, 3.05) is 0 Å². The van der Waals surface area contributed by atoms with E-state index < -0.39 is 6.23 Å². The van der Waals surface area contributed by atoms with Gasteiger partial charge in [0.05, 0.1) is 23.2 Å². The number of halogens is 1. The largest absolute Gasteiger partial charge is 0.373 e. The van der Waals surface area contributed by atoms with E-state index in [1.165, 1.54) is 12.1 Å². The normalized spacial score (nSPS) is 15.8. The molecule has 0 bridgehead atoms. The van der Waals surface area contributed by atoms with Gasteiger partial charge in [0.15, 0.2) is 0 Å². The summed E-state index contributed by atoms with van der Waals surface area (Å²) in [5.41, 5.74) is 4.14. The number of aliphatic hydroxyl groups excluding tert-OH is 1. The molecule has 2 heterocycles. The van der Waals surface area contributed by atoms with Crippen LogP contribution in [0.1, 0.15) is 71.5 Å². The number of benzene rings is 2. The first-order chi connectivity index (χ1) is 15.5. The first-order valence-corrected chi connectivity index (χ1v) is 12.0. The minimum atomic E-state index is -0.895. The quantitative estimate of drug-likeness (QED) is 0.418. The molecule has 32 heavy (non-hydrogen) atoms. The first kappa shape index (κ1) is 22.6.